The van der Waals surface area contributed by atoms with Crippen molar-refractivity contribution in [3.05, 3.63) is 40.9 Å². The summed E-state index contributed by atoms with van der Waals surface area (Å²) in [6, 6.07) is 7.14. The van der Waals surface area contributed by atoms with Crippen LogP contribution in [-0.2, 0) is 21.2 Å². The molecule has 0 radical (unpaired) electrons. The van der Waals surface area contributed by atoms with Gasteiger partial charge in [0.15, 0.2) is 15.5 Å². The first-order chi connectivity index (χ1) is 12.2. The SMILES string of the molecule is CC(C)CS(=O)(=O)CC(=O)NCc1cccc(-c2nc(C(=O)O)cs2)c1. The second-order valence-electron chi connectivity index (χ2n) is 6.27. The molecule has 0 saturated carbocycles. The molecule has 0 atom stereocenters. The number of benzene rings is 1. The summed E-state index contributed by atoms with van der Waals surface area (Å²) >= 11 is 1.22. The summed E-state index contributed by atoms with van der Waals surface area (Å²) in [5.74, 6) is -2.21. The molecule has 0 spiro atoms. The van der Waals surface area contributed by atoms with Crippen molar-refractivity contribution in [3.63, 3.8) is 0 Å². The standard InChI is InChI=1S/C17H20N2O5S2/c1-11(2)9-26(23,24)10-15(20)18-7-12-4-3-5-13(6-12)16-19-14(8-25-16)17(21)22/h3-6,8,11H,7,9-10H2,1-2H3,(H,18,20)(H,21,22). The van der Waals surface area contributed by atoms with Crippen molar-refractivity contribution in [1.29, 1.82) is 0 Å². The molecule has 140 valence electrons. The van der Waals surface area contributed by atoms with Gasteiger partial charge in [-0.1, -0.05) is 32.0 Å². The number of carbonyl (C=O) groups is 2. The molecule has 1 aromatic heterocycles. The number of rotatable bonds is 8. The van der Waals surface area contributed by atoms with Gasteiger partial charge in [-0.3, -0.25) is 4.79 Å². The number of sulfone groups is 1. The van der Waals surface area contributed by atoms with Crippen LogP contribution in [-0.4, -0.2) is 41.9 Å². The van der Waals surface area contributed by atoms with Gasteiger partial charge in [-0.15, -0.1) is 11.3 Å². The quantitative estimate of drug-likeness (QED) is 0.707. The Labute approximate surface area is 156 Å². The third-order valence-electron chi connectivity index (χ3n) is 3.33. The molecule has 0 bridgehead atoms. The summed E-state index contributed by atoms with van der Waals surface area (Å²) in [5, 5.41) is 13.6. The molecular formula is C17H20N2O5S2. The molecule has 0 aliphatic carbocycles. The van der Waals surface area contributed by atoms with E-state index in [9.17, 15) is 18.0 Å². The zero-order valence-electron chi connectivity index (χ0n) is 14.4. The Morgan fingerprint density at radius 2 is 2.04 bits per heavy atom. The molecule has 0 aliphatic rings. The molecule has 0 saturated heterocycles. The van der Waals surface area contributed by atoms with E-state index in [0.717, 1.165) is 11.1 Å². The van der Waals surface area contributed by atoms with Crippen molar-refractivity contribution in [2.75, 3.05) is 11.5 Å². The molecule has 0 fully saturated rings. The average molecular weight is 396 g/mol. The number of aromatic nitrogens is 1. The second kappa shape index (κ2) is 8.41. The van der Waals surface area contributed by atoms with Crippen molar-refractivity contribution in [3.8, 4) is 10.6 Å². The molecule has 9 heteroatoms. The van der Waals surface area contributed by atoms with Gasteiger partial charge in [0.1, 0.15) is 10.8 Å². The van der Waals surface area contributed by atoms with Crippen molar-refractivity contribution in [2.45, 2.75) is 20.4 Å². The van der Waals surface area contributed by atoms with Crippen LogP contribution < -0.4 is 5.32 Å². The number of amides is 1. The number of hydrogen-bond donors (Lipinski definition) is 2. The summed E-state index contributed by atoms with van der Waals surface area (Å²) in [6.45, 7) is 3.76. The molecule has 2 rings (SSSR count). The normalized spacial score (nSPS) is 11.5. The predicted molar refractivity (Wildman–Crippen MR) is 99.8 cm³/mol. The molecule has 7 nitrogen and oxygen atoms in total. The zero-order chi connectivity index (χ0) is 19.3. The summed E-state index contributed by atoms with van der Waals surface area (Å²) in [7, 11) is -3.42. The smallest absolute Gasteiger partial charge is 0.355 e. The van der Waals surface area contributed by atoms with E-state index in [-0.39, 0.29) is 23.9 Å². The van der Waals surface area contributed by atoms with Crippen LogP contribution in [0.2, 0.25) is 0 Å². The highest BCUT2D eigenvalue weighted by molar-refractivity contribution is 7.92. The van der Waals surface area contributed by atoms with Crippen molar-refractivity contribution in [2.24, 2.45) is 5.92 Å². The highest BCUT2D eigenvalue weighted by Crippen LogP contribution is 2.24. The minimum atomic E-state index is -3.42. The van der Waals surface area contributed by atoms with Gasteiger partial charge in [0.05, 0.1) is 5.75 Å². The lowest BCUT2D eigenvalue weighted by molar-refractivity contribution is -0.118. The summed E-state index contributed by atoms with van der Waals surface area (Å²) in [5.41, 5.74) is 1.49. The number of carbonyl (C=O) groups excluding carboxylic acids is 1. The summed E-state index contributed by atoms with van der Waals surface area (Å²) < 4.78 is 23.7. The maximum Gasteiger partial charge on any atom is 0.355 e. The number of carboxylic acid groups (broad SMARTS) is 1. The number of nitrogens with zero attached hydrogens (tertiary/aromatic N) is 1. The van der Waals surface area contributed by atoms with Gasteiger partial charge in [-0.25, -0.2) is 18.2 Å². The zero-order valence-corrected chi connectivity index (χ0v) is 16.1. The fourth-order valence-electron chi connectivity index (χ4n) is 2.34. The van der Waals surface area contributed by atoms with Gasteiger partial charge < -0.3 is 10.4 Å². The Morgan fingerprint density at radius 1 is 1.31 bits per heavy atom. The van der Waals surface area contributed by atoms with Crippen molar-refractivity contribution in [1.82, 2.24) is 10.3 Å². The molecule has 2 aromatic rings. The summed E-state index contributed by atoms with van der Waals surface area (Å²) in [4.78, 5) is 26.8. The Morgan fingerprint density at radius 3 is 2.65 bits per heavy atom. The van der Waals surface area contributed by atoms with E-state index in [0.29, 0.717) is 5.01 Å². The molecule has 1 amide bonds. The first-order valence-electron chi connectivity index (χ1n) is 7.91. The van der Waals surface area contributed by atoms with Crippen LogP contribution >= 0.6 is 11.3 Å². The maximum absolute atomic E-state index is 11.9. The topological polar surface area (TPSA) is 113 Å². The lowest BCUT2D eigenvalue weighted by Gasteiger charge is -2.08. The molecule has 2 N–H and O–H groups in total. The number of hydrogen-bond acceptors (Lipinski definition) is 6. The maximum atomic E-state index is 11.9. The minimum Gasteiger partial charge on any atom is -0.476 e. The van der Waals surface area contributed by atoms with Gasteiger partial charge in [0.25, 0.3) is 0 Å². The lowest BCUT2D eigenvalue weighted by Crippen LogP contribution is -2.31. The van der Waals surface area contributed by atoms with Gasteiger partial charge in [-0.2, -0.15) is 0 Å². The monoisotopic (exact) mass is 396 g/mol. The number of nitrogens with one attached hydrogen (secondary N) is 1. The molecule has 1 heterocycles. The third-order valence-corrected chi connectivity index (χ3v) is 6.09. The predicted octanol–water partition coefficient (Wildman–Crippen LogP) is 2.20. The Bertz CT molecular complexity index is 903. The van der Waals surface area contributed by atoms with E-state index in [1.54, 1.807) is 38.1 Å². The van der Waals surface area contributed by atoms with Crippen LogP contribution in [0.15, 0.2) is 29.6 Å². The lowest BCUT2D eigenvalue weighted by atomic mass is 10.1. The average Bonchev–Trinajstić information content (AvgIpc) is 3.01. The van der Waals surface area contributed by atoms with Crippen LogP contribution in [0.5, 0.6) is 0 Å². The van der Waals surface area contributed by atoms with E-state index < -0.39 is 27.5 Å². The van der Waals surface area contributed by atoms with Crippen LogP contribution in [0.25, 0.3) is 10.6 Å². The molecular weight excluding hydrogens is 376 g/mol. The molecule has 1 aromatic carbocycles. The van der Waals surface area contributed by atoms with Crippen LogP contribution in [0, 0.1) is 5.92 Å². The Kier molecular flexibility index (Phi) is 6.49. The fourth-order valence-corrected chi connectivity index (χ4v) is 4.76. The second-order valence-corrected chi connectivity index (χ2v) is 9.24. The van der Waals surface area contributed by atoms with E-state index in [1.807, 2.05) is 0 Å². The number of thiazole rings is 1. The van der Waals surface area contributed by atoms with Crippen molar-refractivity contribution < 1.29 is 23.1 Å². The number of aromatic carboxylic acids is 1. The number of carboxylic acids is 1. The van der Waals surface area contributed by atoms with E-state index in [4.69, 9.17) is 5.11 Å². The highest BCUT2D eigenvalue weighted by atomic mass is 32.2. The van der Waals surface area contributed by atoms with E-state index in [1.165, 1.54) is 16.7 Å². The van der Waals surface area contributed by atoms with E-state index >= 15 is 0 Å². The van der Waals surface area contributed by atoms with Crippen LogP contribution in [0.3, 0.4) is 0 Å². The first-order valence-corrected chi connectivity index (χ1v) is 10.6. The van der Waals surface area contributed by atoms with Gasteiger partial charge in [-0.05, 0) is 17.5 Å². The molecule has 0 unspecified atom stereocenters. The largest absolute Gasteiger partial charge is 0.476 e. The van der Waals surface area contributed by atoms with Crippen LogP contribution in [0.1, 0.15) is 29.9 Å². The Hall–Kier alpha value is -2.26. The fraction of sp³-hybridized carbons (Fsp3) is 0.353. The van der Waals surface area contributed by atoms with Gasteiger partial charge in [0, 0.05) is 17.5 Å². The first kappa shape index (κ1) is 20.1. The summed E-state index contributed by atoms with van der Waals surface area (Å²) in [6.07, 6.45) is 0. The Balaban J connectivity index is 2.00. The van der Waals surface area contributed by atoms with Crippen molar-refractivity contribution >= 4 is 33.1 Å². The van der Waals surface area contributed by atoms with Gasteiger partial charge in [0.2, 0.25) is 5.91 Å². The molecule has 26 heavy (non-hydrogen) atoms. The minimum absolute atomic E-state index is 0.0148. The van der Waals surface area contributed by atoms with Gasteiger partial charge >= 0.3 is 5.97 Å². The third kappa shape index (κ3) is 5.92. The highest BCUT2D eigenvalue weighted by Gasteiger charge is 2.18. The van der Waals surface area contributed by atoms with E-state index in [2.05, 4.69) is 10.3 Å². The molecule has 0 aliphatic heterocycles. The van der Waals surface area contributed by atoms with Crippen LogP contribution in [0.4, 0.5) is 0 Å².